The molecule has 0 bridgehead atoms. The second-order valence-corrected chi connectivity index (χ2v) is 8.50. The van der Waals surface area contributed by atoms with Crippen LogP contribution in [0, 0.1) is 10.1 Å². The van der Waals surface area contributed by atoms with Crippen LogP contribution in [0.25, 0.3) is 52.8 Å². The summed E-state index contributed by atoms with van der Waals surface area (Å²) in [5.41, 5.74) is 1.65. The molecule has 30 heavy (non-hydrogen) atoms. The third-order valence-electron chi connectivity index (χ3n) is 5.73. The van der Waals surface area contributed by atoms with Crippen molar-refractivity contribution in [1.29, 1.82) is 0 Å². The minimum atomic E-state index is -0.286. The molecule has 142 valence electrons. The molecule has 0 aliphatic heterocycles. The van der Waals surface area contributed by atoms with Crippen LogP contribution in [0.5, 0.6) is 0 Å². The van der Waals surface area contributed by atoms with E-state index < -0.39 is 0 Å². The van der Waals surface area contributed by atoms with Crippen LogP contribution < -0.4 is 0 Å². The molecule has 0 amide bonds. The SMILES string of the molecule is O=[N+]([O-])c1cc2ccccc2cc1-c1ccc2ccc3c4ccccc4sc3c2c1. The van der Waals surface area contributed by atoms with E-state index in [0.29, 0.717) is 5.56 Å². The Kier molecular flexibility index (Phi) is 3.64. The normalized spacial score (nSPS) is 11.6. The molecule has 0 saturated carbocycles. The highest BCUT2D eigenvalue weighted by atomic mass is 32.1. The van der Waals surface area contributed by atoms with Crippen molar-refractivity contribution < 1.29 is 4.92 Å². The molecule has 4 heteroatoms. The predicted molar refractivity (Wildman–Crippen MR) is 126 cm³/mol. The van der Waals surface area contributed by atoms with Gasteiger partial charge in [0, 0.05) is 31.6 Å². The Bertz CT molecular complexity index is 1630. The van der Waals surface area contributed by atoms with Gasteiger partial charge in [0.25, 0.3) is 5.69 Å². The third kappa shape index (κ3) is 2.51. The van der Waals surface area contributed by atoms with E-state index in [0.717, 1.165) is 27.1 Å². The number of rotatable bonds is 2. The minimum absolute atomic E-state index is 0.136. The van der Waals surface area contributed by atoms with Crippen molar-refractivity contribution in [2.45, 2.75) is 0 Å². The number of benzene rings is 5. The van der Waals surface area contributed by atoms with Crippen molar-refractivity contribution in [1.82, 2.24) is 0 Å². The summed E-state index contributed by atoms with van der Waals surface area (Å²) in [5.74, 6) is 0. The van der Waals surface area contributed by atoms with Gasteiger partial charge in [0.1, 0.15) is 0 Å². The quantitative estimate of drug-likeness (QED) is 0.217. The molecular weight excluding hydrogens is 390 g/mol. The van der Waals surface area contributed by atoms with E-state index in [1.54, 1.807) is 17.4 Å². The van der Waals surface area contributed by atoms with Gasteiger partial charge >= 0.3 is 0 Å². The molecule has 5 aromatic carbocycles. The fourth-order valence-corrected chi connectivity index (χ4v) is 5.51. The van der Waals surface area contributed by atoms with Gasteiger partial charge in [-0.2, -0.15) is 0 Å². The van der Waals surface area contributed by atoms with Gasteiger partial charge in [-0.1, -0.05) is 66.7 Å². The molecule has 0 atom stereocenters. The smallest absolute Gasteiger partial charge is 0.258 e. The number of nitro benzene ring substituents is 1. The van der Waals surface area contributed by atoms with Gasteiger partial charge in [0.2, 0.25) is 0 Å². The first kappa shape index (κ1) is 17.1. The summed E-state index contributed by atoms with van der Waals surface area (Å²) in [6.45, 7) is 0. The lowest BCUT2D eigenvalue weighted by Gasteiger charge is -2.08. The summed E-state index contributed by atoms with van der Waals surface area (Å²) in [6.07, 6.45) is 0. The number of hydrogen-bond acceptors (Lipinski definition) is 3. The largest absolute Gasteiger partial charge is 0.277 e. The fourth-order valence-electron chi connectivity index (χ4n) is 4.28. The van der Waals surface area contributed by atoms with Crippen LogP contribution in [0.3, 0.4) is 0 Å². The Morgan fingerprint density at radius 3 is 2.23 bits per heavy atom. The number of thiophene rings is 1. The Morgan fingerprint density at radius 2 is 1.40 bits per heavy atom. The predicted octanol–water partition coefficient (Wildman–Crippen LogP) is 7.94. The summed E-state index contributed by atoms with van der Waals surface area (Å²) < 4.78 is 2.47. The average Bonchev–Trinajstić information content (AvgIpc) is 3.17. The first-order chi connectivity index (χ1) is 14.7. The average molecular weight is 405 g/mol. The molecule has 0 N–H and O–H groups in total. The van der Waals surface area contributed by atoms with E-state index in [9.17, 15) is 10.1 Å². The Hall–Kier alpha value is -3.76. The maximum absolute atomic E-state index is 11.8. The van der Waals surface area contributed by atoms with Gasteiger partial charge in [-0.15, -0.1) is 11.3 Å². The van der Waals surface area contributed by atoms with E-state index in [2.05, 4.69) is 48.5 Å². The van der Waals surface area contributed by atoms with Crippen molar-refractivity contribution in [3.63, 3.8) is 0 Å². The summed E-state index contributed by atoms with van der Waals surface area (Å²) in [4.78, 5) is 11.6. The lowest BCUT2D eigenvalue weighted by Crippen LogP contribution is -1.92. The van der Waals surface area contributed by atoms with Crippen LogP contribution in [0.15, 0.2) is 91.0 Å². The molecule has 0 aliphatic rings. The van der Waals surface area contributed by atoms with Crippen LogP contribution in [-0.4, -0.2) is 4.92 Å². The number of hydrogen-bond donors (Lipinski definition) is 0. The van der Waals surface area contributed by atoms with Gasteiger partial charge in [0.05, 0.1) is 10.5 Å². The summed E-state index contributed by atoms with van der Waals surface area (Å²) in [5, 5.41) is 18.5. The lowest BCUT2D eigenvalue weighted by atomic mass is 9.96. The highest BCUT2D eigenvalue weighted by Crippen LogP contribution is 2.41. The lowest BCUT2D eigenvalue weighted by molar-refractivity contribution is -0.384. The van der Waals surface area contributed by atoms with Gasteiger partial charge in [-0.25, -0.2) is 0 Å². The van der Waals surface area contributed by atoms with Crippen molar-refractivity contribution in [3.05, 3.63) is 101 Å². The second-order valence-electron chi connectivity index (χ2n) is 7.45. The maximum Gasteiger partial charge on any atom is 0.277 e. The van der Waals surface area contributed by atoms with Crippen LogP contribution in [0.1, 0.15) is 0 Å². The number of nitro groups is 1. The fraction of sp³-hybridized carbons (Fsp3) is 0. The molecule has 0 saturated heterocycles. The molecule has 6 aromatic rings. The number of nitrogens with zero attached hydrogens (tertiary/aromatic N) is 1. The molecule has 0 fully saturated rings. The highest BCUT2D eigenvalue weighted by molar-refractivity contribution is 7.26. The van der Waals surface area contributed by atoms with Gasteiger partial charge in [-0.3, -0.25) is 10.1 Å². The summed E-state index contributed by atoms with van der Waals surface area (Å²) in [6, 6.07) is 30.2. The minimum Gasteiger partial charge on any atom is -0.258 e. The van der Waals surface area contributed by atoms with Crippen LogP contribution in [0.2, 0.25) is 0 Å². The molecule has 3 nitrogen and oxygen atoms in total. The highest BCUT2D eigenvalue weighted by Gasteiger charge is 2.18. The van der Waals surface area contributed by atoms with Crippen molar-refractivity contribution >= 4 is 58.7 Å². The molecule has 0 aliphatic carbocycles. The molecule has 1 aromatic heterocycles. The van der Waals surface area contributed by atoms with E-state index in [4.69, 9.17) is 0 Å². The topological polar surface area (TPSA) is 43.1 Å². The van der Waals surface area contributed by atoms with Crippen LogP contribution >= 0.6 is 11.3 Å². The van der Waals surface area contributed by atoms with Crippen LogP contribution in [-0.2, 0) is 0 Å². The molecular formula is C26H15NO2S. The van der Waals surface area contributed by atoms with E-state index in [1.807, 2.05) is 36.4 Å². The zero-order chi connectivity index (χ0) is 20.2. The van der Waals surface area contributed by atoms with Gasteiger partial charge in [0.15, 0.2) is 0 Å². The summed E-state index contributed by atoms with van der Waals surface area (Å²) >= 11 is 1.77. The molecule has 1 heterocycles. The molecule has 0 unspecified atom stereocenters. The van der Waals surface area contributed by atoms with E-state index in [1.165, 1.54) is 20.2 Å². The van der Waals surface area contributed by atoms with Crippen LogP contribution in [0.4, 0.5) is 5.69 Å². The maximum atomic E-state index is 11.8. The van der Waals surface area contributed by atoms with Gasteiger partial charge in [-0.05, 0) is 39.9 Å². The molecule has 0 radical (unpaired) electrons. The standard InChI is InChI=1S/C26H15NO2S/c28-27(29)24-15-18-6-2-1-5-17(18)13-22(24)19-10-9-16-11-12-21-20-7-3-4-8-25(20)30-26(21)23(16)14-19/h1-15H. The molecule has 0 spiro atoms. The van der Waals surface area contributed by atoms with E-state index in [-0.39, 0.29) is 10.6 Å². The zero-order valence-electron chi connectivity index (χ0n) is 15.8. The first-order valence-electron chi connectivity index (χ1n) is 9.71. The van der Waals surface area contributed by atoms with Crippen molar-refractivity contribution in [3.8, 4) is 11.1 Å². The van der Waals surface area contributed by atoms with Gasteiger partial charge < -0.3 is 0 Å². The Morgan fingerprint density at radius 1 is 0.667 bits per heavy atom. The Labute approximate surface area is 176 Å². The van der Waals surface area contributed by atoms with Crippen molar-refractivity contribution in [2.24, 2.45) is 0 Å². The third-order valence-corrected chi connectivity index (χ3v) is 6.95. The molecule has 6 rings (SSSR count). The van der Waals surface area contributed by atoms with E-state index >= 15 is 0 Å². The summed E-state index contributed by atoms with van der Waals surface area (Å²) in [7, 11) is 0. The first-order valence-corrected chi connectivity index (χ1v) is 10.5. The van der Waals surface area contributed by atoms with Crippen molar-refractivity contribution in [2.75, 3.05) is 0 Å². The second kappa shape index (κ2) is 6.37. The Balaban J connectivity index is 1.68. The monoisotopic (exact) mass is 405 g/mol. The number of fused-ring (bicyclic) bond motifs is 6. The zero-order valence-corrected chi connectivity index (χ0v) is 16.6.